The zero-order valence-corrected chi connectivity index (χ0v) is 9.74. The number of hydrogen-bond donors (Lipinski definition) is 1. The second-order valence-corrected chi connectivity index (χ2v) is 4.97. The van der Waals surface area contributed by atoms with E-state index in [1.54, 1.807) is 0 Å². The van der Waals surface area contributed by atoms with E-state index in [9.17, 15) is 5.11 Å². The second-order valence-electron chi connectivity index (χ2n) is 4.97. The standard InChI is InChI=1S/C12H22O3/c1-3-11-5-4-6-12(15-11)8-10(13)7-9(2)14-12/h9-11,13H,3-8H2,1-2H3. The lowest BCUT2D eigenvalue weighted by molar-refractivity contribution is -0.324. The Kier molecular flexibility index (Phi) is 3.33. The van der Waals surface area contributed by atoms with Gasteiger partial charge in [0, 0.05) is 12.8 Å². The molecule has 2 rings (SSSR count). The van der Waals surface area contributed by atoms with Gasteiger partial charge in [-0.1, -0.05) is 6.92 Å². The van der Waals surface area contributed by atoms with Crippen molar-refractivity contribution in [3.05, 3.63) is 0 Å². The van der Waals surface area contributed by atoms with Gasteiger partial charge in [0.25, 0.3) is 0 Å². The Morgan fingerprint density at radius 2 is 2.20 bits per heavy atom. The maximum absolute atomic E-state index is 9.80. The molecule has 0 bridgehead atoms. The van der Waals surface area contributed by atoms with E-state index in [1.807, 2.05) is 6.92 Å². The summed E-state index contributed by atoms with van der Waals surface area (Å²) in [4.78, 5) is 0. The molecule has 2 aliphatic heterocycles. The van der Waals surface area contributed by atoms with Crippen molar-refractivity contribution in [3.63, 3.8) is 0 Å². The quantitative estimate of drug-likeness (QED) is 0.727. The van der Waals surface area contributed by atoms with Gasteiger partial charge in [-0.3, -0.25) is 0 Å². The first-order valence-corrected chi connectivity index (χ1v) is 6.17. The van der Waals surface area contributed by atoms with Crippen LogP contribution in [0.5, 0.6) is 0 Å². The van der Waals surface area contributed by atoms with Crippen LogP contribution in [0.3, 0.4) is 0 Å². The van der Waals surface area contributed by atoms with E-state index in [-0.39, 0.29) is 12.2 Å². The number of aliphatic hydroxyl groups is 1. The van der Waals surface area contributed by atoms with Crippen LogP contribution in [-0.4, -0.2) is 29.2 Å². The fourth-order valence-electron chi connectivity index (χ4n) is 2.83. The predicted molar refractivity (Wildman–Crippen MR) is 57.5 cm³/mol. The summed E-state index contributed by atoms with van der Waals surface area (Å²) < 4.78 is 12.0. The van der Waals surface area contributed by atoms with Gasteiger partial charge in [0.15, 0.2) is 5.79 Å². The molecule has 3 nitrogen and oxygen atoms in total. The number of ether oxygens (including phenoxy) is 2. The fraction of sp³-hybridized carbons (Fsp3) is 1.00. The molecule has 3 heteroatoms. The Morgan fingerprint density at radius 1 is 1.40 bits per heavy atom. The average Bonchev–Trinajstić information content (AvgIpc) is 2.15. The fourth-order valence-corrected chi connectivity index (χ4v) is 2.83. The summed E-state index contributed by atoms with van der Waals surface area (Å²) in [7, 11) is 0. The maximum atomic E-state index is 9.80. The zero-order valence-electron chi connectivity index (χ0n) is 9.74. The number of hydrogen-bond acceptors (Lipinski definition) is 3. The summed E-state index contributed by atoms with van der Waals surface area (Å²) in [6, 6.07) is 0. The van der Waals surface area contributed by atoms with Crippen molar-refractivity contribution in [2.24, 2.45) is 0 Å². The highest BCUT2D eigenvalue weighted by Gasteiger charge is 2.44. The summed E-state index contributed by atoms with van der Waals surface area (Å²) >= 11 is 0. The molecule has 2 aliphatic rings. The minimum atomic E-state index is -0.476. The second kappa shape index (κ2) is 4.40. The molecular formula is C12H22O3. The van der Waals surface area contributed by atoms with Gasteiger partial charge >= 0.3 is 0 Å². The van der Waals surface area contributed by atoms with Gasteiger partial charge in [-0.25, -0.2) is 0 Å². The predicted octanol–water partition coefficient (Wildman–Crippen LogP) is 2.22. The molecule has 2 saturated heterocycles. The van der Waals surface area contributed by atoms with E-state index in [4.69, 9.17) is 9.47 Å². The van der Waals surface area contributed by atoms with E-state index in [0.29, 0.717) is 12.5 Å². The molecule has 2 fully saturated rings. The highest BCUT2D eigenvalue weighted by atomic mass is 16.7. The molecule has 0 aliphatic carbocycles. The van der Waals surface area contributed by atoms with Crippen molar-refractivity contribution in [1.29, 1.82) is 0 Å². The molecule has 0 aromatic heterocycles. The van der Waals surface area contributed by atoms with Crippen molar-refractivity contribution in [3.8, 4) is 0 Å². The van der Waals surface area contributed by atoms with Gasteiger partial charge < -0.3 is 14.6 Å². The molecule has 0 saturated carbocycles. The van der Waals surface area contributed by atoms with Gasteiger partial charge in [0.1, 0.15) is 0 Å². The van der Waals surface area contributed by atoms with E-state index in [2.05, 4.69) is 6.92 Å². The third-order valence-corrected chi connectivity index (χ3v) is 3.49. The molecule has 88 valence electrons. The Balaban J connectivity index is 2.04. The Bertz CT molecular complexity index is 207. The Hall–Kier alpha value is -0.120. The van der Waals surface area contributed by atoms with Crippen LogP contribution in [0.2, 0.25) is 0 Å². The van der Waals surface area contributed by atoms with Crippen molar-refractivity contribution < 1.29 is 14.6 Å². The molecule has 1 N–H and O–H groups in total. The first-order chi connectivity index (χ1) is 7.13. The Morgan fingerprint density at radius 3 is 2.87 bits per heavy atom. The molecule has 1 spiro atoms. The molecule has 2 heterocycles. The minimum Gasteiger partial charge on any atom is -0.393 e. The minimum absolute atomic E-state index is 0.115. The third-order valence-electron chi connectivity index (χ3n) is 3.49. The maximum Gasteiger partial charge on any atom is 0.171 e. The number of aliphatic hydroxyl groups excluding tert-OH is 1. The van der Waals surface area contributed by atoms with Crippen LogP contribution in [0, 0.1) is 0 Å². The van der Waals surface area contributed by atoms with Gasteiger partial charge in [-0.05, 0) is 32.6 Å². The smallest absolute Gasteiger partial charge is 0.171 e. The van der Waals surface area contributed by atoms with Crippen molar-refractivity contribution in [2.75, 3.05) is 0 Å². The molecular weight excluding hydrogens is 192 g/mol. The van der Waals surface area contributed by atoms with E-state index < -0.39 is 5.79 Å². The van der Waals surface area contributed by atoms with Crippen LogP contribution in [0.15, 0.2) is 0 Å². The van der Waals surface area contributed by atoms with E-state index in [1.165, 1.54) is 0 Å². The van der Waals surface area contributed by atoms with Crippen molar-refractivity contribution in [1.82, 2.24) is 0 Å². The highest BCUT2D eigenvalue weighted by Crippen LogP contribution is 2.39. The molecule has 4 unspecified atom stereocenters. The topological polar surface area (TPSA) is 38.7 Å². The largest absolute Gasteiger partial charge is 0.393 e. The molecule has 15 heavy (non-hydrogen) atoms. The van der Waals surface area contributed by atoms with Crippen LogP contribution >= 0.6 is 0 Å². The summed E-state index contributed by atoms with van der Waals surface area (Å²) in [6.45, 7) is 4.16. The summed E-state index contributed by atoms with van der Waals surface area (Å²) in [5.41, 5.74) is 0. The summed E-state index contributed by atoms with van der Waals surface area (Å²) in [5, 5.41) is 9.80. The van der Waals surface area contributed by atoms with Crippen LogP contribution in [-0.2, 0) is 9.47 Å². The van der Waals surface area contributed by atoms with Crippen LogP contribution in [0.25, 0.3) is 0 Å². The first kappa shape index (κ1) is 11.4. The molecule has 0 aromatic carbocycles. The monoisotopic (exact) mass is 214 g/mol. The van der Waals surface area contributed by atoms with Crippen LogP contribution in [0.1, 0.15) is 52.4 Å². The van der Waals surface area contributed by atoms with Gasteiger partial charge in [0.2, 0.25) is 0 Å². The normalized spacial score (nSPS) is 47.0. The van der Waals surface area contributed by atoms with Crippen molar-refractivity contribution in [2.45, 2.75) is 76.5 Å². The third kappa shape index (κ3) is 2.52. The van der Waals surface area contributed by atoms with E-state index >= 15 is 0 Å². The van der Waals surface area contributed by atoms with Crippen LogP contribution < -0.4 is 0 Å². The van der Waals surface area contributed by atoms with Gasteiger partial charge in [0.05, 0.1) is 18.3 Å². The molecule has 4 atom stereocenters. The number of rotatable bonds is 1. The molecule has 0 radical (unpaired) electrons. The van der Waals surface area contributed by atoms with Crippen molar-refractivity contribution >= 4 is 0 Å². The SMILES string of the molecule is CCC1CCCC2(CC(O)CC(C)O2)O1. The average molecular weight is 214 g/mol. The lowest BCUT2D eigenvalue weighted by Gasteiger charge is -2.46. The molecule has 0 aromatic rings. The van der Waals surface area contributed by atoms with Gasteiger partial charge in [-0.15, -0.1) is 0 Å². The summed E-state index contributed by atoms with van der Waals surface area (Å²) in [6.07, 6.45) is 5.81. The molecule has 0 amide bonds. The Labute approximate surface area is 91.8 Å². The zero-order chi connectivity index (χ0) is 10.9. The van der Waals surface area contributed by atoms with E-state index in [0.717, 1.165) is 32.1 Å². The van der Waals surface area contributed by atoms with Gasteiger partial charge in [-0.2, -0.15) is 0 Å². The first-order valence-electron chi connectivity index (χ1n) is 6.17. The van der Waals surface area contributed by atoms with Crippen LogP contribution in [0.4, 0.5) is 0 Å². The highest BCUT2D eigenvalue weighted by molar-refractivity contribution is 4.86. The lowest BCUT2D eigenvalue weighted by atomic mass is 9.91. The summed E-state index contributed by atoms with van der Waals surface area (Å²) in [5.74, 6) is -0.476. The lowest BCUT2D eigenvalue weighted by Crippen LogP contribution is -2.51.